The smallest absolute Gasteiger partial charge is 0.337 e. The number of methoxy groups -OCH3 is 2. The van der Waals surface area contributed by atoms with Gasteiger partial charge in [-0.1, -0.05) is 0 Å². The first-order valence-electron chi connectivity index (χ1n) is 10.3. The Hall–Kier alpha value is -3.59. The van der Waals surface area contributed by atoms with Gasteiger partial charge in [0.2, 0.25) is 5.91 Å². The van der Waals surface area contributed by atoms with Crippen LogP contribution in [-0.2, 0) is 9.53 Å². The van der Waals surface area contributed by atoms with Crippen LogP contribution in [0.4, 0.5) is 16.2 Å². The van der Waals surface area contributed by atoms with Crippen molar-refractivity contribution < 1.29 is 23.9 Å². The number of imide groups is 1. The van der Waals surface area contributed by atoms with Gasteiger partial charge in [-0.25, -0.2) is 9.59 Å². The lowest BCUT2D eigenvalue weighted by Crippen LogP contribution is -2.55. The van der Waals surface area contributed by atoms with Gasteiger partial charge in [0, 0.05) is 37.1 Å². The maximum Gasteiger partial charge on any atom is 0.337 e. The van der Waals surface area contributed by atoms with E-state index in [1.54, 1.807) is 43.5 Å². The minimum atomic E-state index is -0.572. The molecule has 1 unspecified atom stereocenters. The van der Waals surface area contributed by atoms with Gasteiger partial charge in [0.15, 0.2) is 0 Å². The summed E-state index contributed by atoms with van der Waals surface area (Å²) in [5.41, 5.74) is 2.08. The highest BCUT2D eigenvalue weighted by Crippen LogP contribution is 2.20. The van der Waals surface area contributed by atoms with Gasteiger partial charge in [-0.3, -0.25) is 15.0 Å². The number of benzene rings is 2. The molecule has 0 saturated carbocycles. The summed E-state index contributed by atoms with van der Waals surface area (Å²) in [6.07, 6.45) is 0. The summed E-state index contributed by atoms with van der Waals surface area (Å²) in [7, 11) is 2.92. The second-order valence-electron chi connectivity index (χ2n) is 7.53. The summed E-state index contributed by atoms with van der Waals surface area (Å²) < 4.78 is 9.81. The first kappa shape index (κ1) is 23.1. The average Bonchev–Trinajstić information content (AvgIpc) is 2.80. The van der Waals surface area contributed by atoms with Crippen molar-refractivity contribution in [2.24, 2.45) is 0 Å². The lowest BCUT2D eigenvalue weighted by molar-refractivity contribution is -0.121. The molecule has 2 aromatic rings. The van der Waals surface area contributed by atoms with E-state index in [1.165, 1.54) is 7.11 Å². The number of rotatable bonds is 6. The molecule has 32 heavy (non-hydrogen) atoms. The van der Waals surface area contributed by atoms with Gasteiger partial charge in [-0.2, -0.15) is 0 Å². The van der Waals surface area contributed by atoms with Crippen LogP contribution in [0, 0.1) is 0 Å². The summed E-state index contributed by atoms with van der Waals surface area (Å²) in [5, 5.41) is 5.00. The summed E-state index contributed by atoms with van der Waals surface area (Å²) in [4.78, 5) is 40.3. The van der Waals surface area contributed by atoms with Crippen LogP contribution < -0.4 is 20.3 Å². The number of amides is 3. The fraction of sp³-hybridized carbons (Fsp3) is 0.348. The predicted octanol–water partition coefficient (Wildman–Crippen LogP) is 2.34. The number of carbonyl (C=O) groups is 3. The molecule has 3 amide bonds. The number of hydrogen-bond acceptors (Lipinski definition) is 7. The molecule has 1 saturated heterocycles. The Balaban J connectivity index is 1.47. The van der Waals surface area contributed by atoms with Gasteiger partial charge in [-0.15, -0.1) is 0 Å². The lowest BCUT2D eigenvalue weighted by atomic mass is 10.1. The van der Waals surface area contributed by atoms with Crippen LogP contribution in [-0.4, -0.2) is 69.2 Å². The molecule has 0 radical (unpaired) electrons. The van der Waals surface area contributed by atoms with Crippen LogP contribution in [0.1, 0.15) is 17.3 Å². The Labute approximate surface area is 187 Å². The second kappa shape index (κ2) is 10.6. The van der Waals surface area contributed by atoms with Crippen molar-refractivity contribution in [2.45, 2.75) is 13.0 Å². The zero-order valence-corrected chi connectivity index (χ0v) is 18.5. The van der Waals surface area contributed by atoms with E-state index in [9.17, 15) is 14.4 Å². The van der Waals surface area contributed by atoms with Crippen molar-refractivity contribution in [3.05, 3.63) is 54.1 Å². The largest absolute Gasteiger partial charge is 0.497 e. The SMILES string of the molecule is COC(=O)c1ccc(N2CCN(CC(=O)NC(=O)Nc3ccc(OC)cc3)C(C)C2)cc1. The average molecular weight is 441 g/mol. The Morgan fingerprint density at radius 3 is 2.28 bits per heavy atom. The highest BCUT2D eigenvalue weighted by molar-refractivity contribution is 6.01. The molecule has 1 atom stereocenters. The van der Waals surface area contributed by atoms with Crippen LogP contribution >= 0.6 is 0 Å². The Morgan fingerprint density at radius 2 is 1.69 bits per heavy atom. The van der Waals surface area contributed by atoms with Crippen LogP contribution in [0.15, 0.2) is 48.5 Å². The van der Waals surface area contributed by atoms with Gasteiger partial charge in [0.25, 0.3) is 0 Å². The lowest BCUT2D eigenvalue weighted by Gasteiger charge is -2.40. The monoisotopic (exact) mass is 440 g/mol. The number of carbonyl (C=O) groups excluding carboxylic acids is 3. The molecule has 0 aromatic heterocycles. The van der Waals surface area contributed by atoms with Crippen LogP contribution in [0.5, 0.6) is 5.75 Å². The topological polar surface area (TPSA) is 100 Å². The van der Waals surface area contributed by atoms with Crippen LogP contribution in [0.2, 0.25) is 0 Å². The number of hydrogen-bond donors (Lipinski definition) is 2. The summed E-state index contributed by atoms with van der Waals surface area (Å²) in [6.45, 7) is 4.30. The number of ether oxygens (including phenoxy) is 2. The molecule has 0 bridgehead atoms. The minimum Gasteiger partial charge on any atom is -0.497 e. The molecule has 0 aliphatic carbocycles. The Kier molecular flexibility index (Phi) is 7.67. The summed E-state index contributed by atoms with van der Waals surface area (Å²) >= 11 is 0. The van der Waals surface area contributed by atoms with E-state index >= 15 is 0 Å². The number of urea groups is 1. The minimum absolute atomic E-state index is 0.111. The number of nitrogens with one attached hydrogen (secondary N) is 2. The number of nitrogens with zero attached hydrogens (tertiary/aromatic N) is 2. The quantitative estimate of drug-likeness (QED) is 0.665. The number of esters is 1. The molecule has 1 heterocycles. The molecule has 2 N–H and O–H groups in total. The Bertz CT molecular complexity index is 946. The standard InChI is InChI=1S/C23H28N4O5/c1-16-14-27(19-8-4-17(5-9-19)22(29)32-3)13-12-26(16)15-21(28)25-23(30)24-18-6-10-20(31-2)11-7-18/h4-11,16H,12-15H2,1-3H3,(H2,24,25,28,30). The zero-order chi connectivity index (χ0) is 23.1. The normalized spacial score (nSPS) is 16.2. The fourth-order valence-corrected chi connectivity index (χ4v) is 3.58. The maximum atomic E-state index is 12.3. The third kappa shape index (κ3) is 5.98. The van der Waals surface area contributed by atoms with Crippen molar-refractivity contribution in [2.75, 3.05) is 50.6 Å². The molecule has 170 valence electrons. The van der Waals surface area contributed by atoms with Crippen LogP contribution in [0.25, 0.3) is 0 Å². The van der Waals surface area contributed by atoms with E-state index in [-0.39, 0.29) is 24.5 Å². The van der Waals surface area contributed by atoms with Gasteiger partial charge in [0.05, 0.1) is 26.3 Å². The van der Waals surface area contributed by atoms with Crippen molar-refractivity contribution in [1.82, 2.24) is 10.2 Å². The molecule has 9 nitrogen and oxygen atoms in total. The van der Waals surface area contributed by atoms with E-state index in [0.717, 1.165) is 18.8 Å². The first-order valence-corrected chi connectivity index (χ1v) is 10.3. The van der Waals surface area contributed by atoms with Gasteiger partial charge < -0.3 is 19.7 Å². The maximum absolute atomic E-state index is 12.3. The molecule has 0 spiro atoms. The molecule has 1 aliphatic heterocycles. The molecule has 2 aromatic carbocycles. The molecular formula is C23H28N4O5. The van der Waals surface area contributed by atoms with Crippen LogP contribution in [0.3, 0.4) is 0 Å². The van der Waals surface area contributed by atoms with E-state index in [4.69, 9.17) is 9.47 Å². The molecule has 9 heteroatoms. The van der Waals surface area contributed by atoms with Crippen molar-refractivity contribution >= 4 is 29.3 Å². The van der Waals surface area contributed by atoms with Gasteiger partial charge in [-0.05, 0) is 55.5 Å². The zero-order valence-electron chi connectivity index (χ0n) is 18.5. The highest BCUT2D eigenvalue weighted by atomic mass is 16.5. The van der Waals surface area contributed by atoms with E-state index in [2.05, 4.69) is 15.5 Å². The van der Waals surface area contributed by atoms with E-state index < -0.39 is 6.03 Å². The molecular weight excluding hydrogens is 412 g/mol. The van der Waals surface area contributed by atoms with E-state index in [0.29, 0.717) is 23.5 Å². The van der Waals surface area contributed by atoms with Gasteiger partial charge in [0.1, 0.15) is 5.75 Å². The second-order valence-corrected chi connectivity index (χ2v) is 7.53. The Morgan fingerprint density at radius 1 is 1.00 bits per heavy atom. The van der Waals surface area contributed by atoms with Gasteiger partial charge >= 0.3 is 12.0 Å². The van der Waals surface area contributed by atoms with Crippen molar-refractivity contribution in [3.8, 4) is 5.75 Å². The third-order valence-electron chi connectivity index (χ3n) is 5.37. The summed E-state index contributed by atoms with van der Waals surface area (Å²) in [5.74, 6) is -0.0462. The van der Waals surface area contributed by atoms with Crippen molar-refractivity contribution in [1.29, 1.82) is 0 Å². The predicted molar refractivity (Wildman–Crippen MR) is 121 cm³/mol. The highest BCUT2D eigenvalue weighted by Gasteiger charge is 2.26. The molecule has 1 fully saturated rings. The number of piperazine rings is 1. The van der Waals surface area contributed by atoms with E-state index in [1.807, 2.05) is 24.0 Å². The summed E-state index contributed by atoms with van der Waals surface area (Å²) in [6, 6.07) is 13.7. The first-order chi connectivity index (χ1) is 15.4. The van der Waals surface area contributed by atoms with Crippen molar-refractivity contribution in [3.63, 3.8) is 0 Å². The third-order valence-corrected chi connectivity index (χ3v) is 5.37. The molecule has 3 rings (SSSR count). The fourth-order valence-electron chi connectivity index (χ4n) is 3.58. The molecule has 1 aliphatic rings. The number of anilines is 2.